The Labute approximate surface area is 119 Å². The van der Waals surface area contributed by atoms with Crippen LogP contribution >= 0.6 is 10.7 Å². The van der Waals surface area contributed by atoms with Crippen molar-refractivity contribution >= 4 is 25.4 Å². The summed E-state index contributed by atoms with van der Waals surface area (Å²) in [4.78, 5) is 8.87. The van der Waals surface area contributed by atoms with Gasteiger partial charge in [0.05, 0.1) is 17.6 Å². The number of rotatable bonds is 5. The first-order valence-electron chi connectivity index (χ1n) is 5.22. The highest BCUT2D eigenvalue weighted by molar-refractivity contribution is 8.13. The Hall–Kier alpha value is -1.85. The normalized spacial score (nSPS) is 10.6. The summed E-state index contributed by atoms with van der Waals surface area (Å²) in [5.74, 6) is 3.39. The molecule has 0 heterocycles. The third-order valence-corrected chi connectivity index (χ3v) is 3.45. The van der Waals surface area contributed by atoms with Crippen molar-refractivity contribution in [2.45, 2.75) is 18.2 Å². The molecule has 1 rings (SSSR count). The molecule has 9 heteroatoms. The molecule has 0 spiro atoms. The van der Waals surface area contributed by atoms with E-state index >= 15 is 0 Å². The van der Waals surface area contributed by atoms with Gasteiger partial charge in [0.2, 0.25) is 0 Å². The molecular formula is C11H9ClFNO5S. The van der Waals surface area contributed by atoms with Crippen LogP contribution in [0.5, 0.6) is 5.75 Å². The fraction of sp³-hybridized carbons (Fsp3) is 0.273. The van der Waals surface area contributed by atoms with E-state index < -0.39 is 36.1 Å². The molecule has 0 aliphatic rings. The topological polar surface area (TPSA) is 86.5 Å². The molecule has 0 saturated heterocycles. The van der Waals surface area contributed by atoms with E-state index in [1.165, 1.54) is 0 Å². The van der Waals surface area contributed by atoms with Crippen LogP contribution in [0.3, 0.4) is 0 Å². The maximum absolute atomic E-state index is 13.7. The number of hydrogen-bond acceptors (Lipinski definition) is 5. The Balaban J connectivity index is 3.26. The first-order valence-corrected chi connectivity index (χ1v) is 7.53. The maximum atomic E-state index is 13.7. The maximum Gasteiger partial charge on any atom is 0.273 e. The number of benzene rings is 1. The number of hydrogen-bond donors (Lipinski definition) is 0. The highest BCUT2D eigenvalue weighted by Gasteiger charge is 2.25. The minimum atomic E-state index is -4.39. The zero-order valence-electron chi connectivity index (χ0n) is 10.2. The van der Waals surface area contributed by atoms with Crippen LogP contribution in [0.2, 0.25) is 0 Å². The zero-order valence-corrected chi connectivity index (χ0v) is 11.8. The number of halogens is 2. The van der Waals surface area contributed by atoms with E-state index in [1.807, 2.05) is 0 Å². The lowest BCUT2D eigenvalue weighted by Crippen LogP contribution is -2.05. The Kier molecular flexibility index (Phi) is 5.30. The predicted molar refractivity (Wildman–Crippen MR) is 69.7 cm³/mol. The Morgan fingerprint density at radius 1 is 1.50 bits per heavy atom. The molecule has 0 unspecified atom stereocenters. The van der Waals surface area contributed by atoms with Crippen molar-refractivity contribution in [3.63, 3.8) is 0 Å². The van der Waals surface area contributed by atoms with Crippen molar-refractivity contribution in [1.82, 2.24) is 0 Å². The van der Waals surface area contributed by atoms with Crippen molar-refractivity contribution in [2.24, 2.45) is 0 Å². The second-order valence-corrected chi connectivity index (χ2v) is 6.01. The minimum Gasteiger partial charge on any atom is -0.488 e. The van der Waals surface area contributed by atoms with Gasteiger partial charge in [-0.3, -0.25) is 10.1 Å². The largest absolute Gasteiger partial charge is 0.488 e. The van der Waals surface area contributed by atoms with Crippen LogP contribution in [0.25, 0.3) is 0 Å². The van der Waals surface area contributed by atoms with Gasteiger partial charge in [-0.05, 0) is 6.92 Å². The van der Waals surface area contributed by atoms with E-state index in [4.69, 9.17) is 15.4 Å². The van der Waals surface area contributed by atoms with Crippen molar-refractivity contribution in [2.75, 3.05) is 6.61 Å². The lowest BCUT2D eigenvalue weighted by atomic mass is 10.3. The summed E-state index contributed by atoms with van der Waals surface area (Å²) in [6.45, 7) is 1.52. The first kappa shape index (κ1) is 16.2. The molecule has 1 aromatic carbocycles. The van der Waals surface area contributed by atoms with Gasteiger partial charge in [-0.2, -0.15) is 0 Å². The van der Waals surface area contributed by atoms with Gasteiger partial charge in [0.25, 0.3) is 14.7 Å². The molecule has 0 N–H and O–H groups in total. The molecular weight excluding hydrogens is 313 g/mol. The van der Waals surface area contributed by atoms with Crippen molar-refractivity contribution in [1.29, 1.82) is 0 Å². The predicted octanol–water partition coefficient (Wildman–Crippen LogP) is 2.45. The fourth-order valence-corrected chi connectivity index (χ4v) is 2.29. The Morgan fingerprint density at radius 2 is 2.15 bits per heavy atom. The molecule has 108 valence electrons. The van der Waals surface area contributed by atoms with Gasteiger partial charge in [-0.25, -0.2) is 12.8 Å². The monoisotopic (exact) mass is 321 g/mol. The average molecular weight is 322 g/mol. The van der Waals surface area contributed by atoms with Crippen LogP contribution in [0, 0.1) is 27.8 Å². The zero-order chi connectivity index (χ0) is 15.3. The first-order chi connectivity index (χ1) is 9.27. The van der Waals surface area contributed by atoms with Crippen LogP contribution in [0.1, 0.15) is 13.3 Å². The van der Waals surface area contributed by atoms with Crippen molar-refractivity contribution in [3.05, 3.63) is 28.1 Å². The molecule has 0 radical (unpaired) electrons. The number of nitro benzene ring substituents is 1. The number of nitrogens with zero attached hydrogens (tertiary/aromatic N) is 1. The second-order valence-electron chi connectivity index (χ2n) is 3.48. The molecule has 6 nitrogen and oxygen atoms in total. The van der Waals surface area contributed by atoms with E-state index in [9.17, 15) is 22.9 Å². The average Bonchev–Trinajstić information content (AvgIpc) is 2.34. The van der Waals surface area contributed by atoms with E-state index in [0.717, 1.165) is 0 Å². The third kappa shape index (κ3) is 4.08. The summed E-state index contributed by atoms with van der Waals surface area (Å²) in [6.07, 6.45) is 0.245. The van der Waals surface area contributed by atoms with Crippen LogP contribution in [0.15, 0.2) is 17.0 Å². The summed E-state index contributed by atoms with van der Waals surface area (Å²) in [6, 6.07) is 1.21. The van der Waals surface area contributed by atoms with Gasteiger partial charge in [0, 0.05) is 23.2 Å². The number of non-ortho nitro benzene ring substituents is 1. The molecule has 0 fully saturated rings. The van der Waals surface area contributed by atoms with Crippen LogP contribution in [0.4, 0.5) is 10.1 Å². The van der Waals surface area contributed by atoms with Gasteiger partial charge in [-0.15, -0.1) is 11.8 Å². The Morgan fingerprint density at radius 3 is 2.65 bits per heavy atom. The molecule has 0 atom stereocenters. The van der Waals surface area contributed by atoms with Crippen molar-refractivity contribution < 1.29 is 22.5 Å². The van der Waals surface area contributed by atoms with Gasteiger partial charge in [-0.1, -0.05) is 0 Å². The summed E-state index contributed by atoms with van der Waals surface area (Å²) in [5.41, 5.74) is -0.734. The summed E-state index contributed by atoms with van der Waals surface area (Å²) >= 11 is 0. The van der Waals surface area contributed by atoms with E-state index in [1.54, 1.807) is 6.92 Å². The third-order valence-electron chi connectivity index (χ3n) is 2.12. The lowest BCUT2D eigenvalue weighted by Gasteiger charge is -2.09. The number of ether oxygens (including phenoxy) is 1. The smallest absolute Gasteiger partial charge is 0.273 e. The second kappa shape index (κ2) is 6.54. The molecule has 0 aliphatic carbocycles. The van der Waals surface area contributed by atoms with Gasteiger partial charge in [0.15, 0.2) is 11.6 Å². The summed E-state index contributed by atoms with van der Waals surface area (Å²) in [5, 5.41) is 10.6. The summed E-state index contributed by atoms with van der Waals surface area (Å²) < 4.78 is 41.4. The molecule has 0 aliphatic heterocycles. The molecule has 1 aromatic rings. The molecule has 0 saturated carbocycles. The highest BCUT2D eigenvalue weighted by atomic mass is 35.7. The van der Waals surface area contributed by atoms with Crippen molar-refractivity contribution in [3.8, 4) is 17.6 Å². The highest BCUT2D eigenvalue weighted by Crippen LogP contribution is 2.33. The Bertz CT molecular complexity index is 693. The van der Waals surface area contributed by atoms with E-state index in [0.29, 0.717) is 12.1 Å². The van der Waals surface area contributed by atoms with Crippen LogP contribution < -0.4 is 4.74 Å². The standard InChI is InChI=1S/C11H9ClFNO5S/c1-2-3-4-5-19-11-9(13)6-8(14(15)16)7-10(11)20(12,17)18/h6-7H,4-5H2,1H3. The van der Waals surface area contributed by atoms with E-state index in [2.05, 4.69) is 11.8 Å². The van der Waals surface area contributed by atoms with Crippen LogP contribution in [-0.4, -0.2) is 19.9 Å². The lowest BCUT2D eigenvalue weighted by molar-refractivity contribution is -0.385. The molecule has 0 amide bonds. The molecule has 20 heavy (non-hydrogen) atoms. The molecule has 0 aromatic heterocycles. The van der Waals surface area contributed by atoms with Gasteiger partial charge < -0.3 is 4.74 Å². The number of nitro groups is 1. The quantitative estimate of drug-likeness (QED) is 0.273. The fourth-order valence-electron chi connectivity index (χ4n) is 1.31. The summed E-state index contributed by atoms with van der Waals surface area (Å²) in [7, 11) is 0.739. The van der Waals surface area contributed by atoms with E-state index in [-0.39, 0.29) is 13.0 Å². The SMILES string of the molecule is CC#CCCOc1c(F)cc([N+](=O)[O-])cc1S(=O)(=O)Cl. The molecule has 0 bridgehead atoms. The minimum absolute atomic E-state index is 0.0744. The van der Waals surface area contributed by atoms with Gasteiger partial charge >= 0.3 is 0 Å². The van der Waals surface area contributed by atoms with Crippen LogP contribution in [-0.2, 0) is 9.05 Å². The van der Waals surface area contributed by atoms with Gasteiger partial charge in [0.1, 0.15) is 4.90 Å².